The van der Waals surface area contributed by atoms with E-state index in [4.69, 9.17) is 15.7 Å². The van der Waals surface area contributed by atoms with E-state index in [9.17, 15) is 0 Å². The zero-order valence-corrected chi connectivity index (χ0v) is 13.7. The normalized spacial score (nSPS) is 11.0. The van der Waals surface area contributed by atoms with E-state index in [2.05, 4.69) is 25.8 Å². The lowest BCUT2D eigenvalue weighted by Gasteiger charge is -2.15. The highest BCUT2D eigenvalue weighted by Gasteiger charge is 2.18. The molecule has 8 heteroatoms. The molecule has 0 unspecified atom stereocenters. The molecule has 2 aromatic heterocycles. The summed E-state index contributed by atoms with van der Waals surface area (Å²) in [4.78, 5) is 8.25. The summed E-state index contributed by atoms with van der Waals surface area (Å²) < 4.78 is 5.24. The van der Waals surface area contributed by atoms with Crippen LogP contribution in [-0.4, -0.2) is 33.9 Å². The van der Waals surface area contributed by atoms with Gasteiger partial charge in [-0.1, -0.05) is 5.16 Å². The molecular formula is C16H19N7O. The van der Waals surface area contributed by atoms with Crippen LogP contribution < -0.4 is 16.4 Å². The molecule has 0 bridgehead atoms. The van der Waals surface area contributed by atoms with E-state index in [1.807, 2.05) is 19.9 Å². The minimum atomic E-state index is 0.155. The summed E-state index contributed by atoms with van der Waals surface area (Å²) in [6.45, 7) is 3.99. The summed E-state index contributed by atoms with van der Waals surface area (Å²) in [5.41, 5.74) is 8.05. The number of nitrogens with two attached hydrogens (primary N) is 1. The third-order valence-corrected chi connectivity index (χ3v) is 3.55. The van der Waals surface area contributed by atoms with E-state index in [0.717, 1.165) is 5.39 Å². The fourth-order valence-corrected chi connectivity index (χ4v) is 2.45. The first-order valence-corrected chi connectivity index (χ1v) is 7.54. The molecule has 8 nitrogen and oxygen atoms in total. The lowest BCUT2D eigenvalue weighted by Crippen LogP contribution is -2.17. The Kier molecular flexibility index (Phi) is 4.03. The molecule has 3 aromatic rings. The Morgan fingerprint density at radius 3 is 2.75 bits per heavy atom. The predicted molar refractivity (Wildman–Crippen MR) is 94.7 cm³/mol. The number of hydrogen-bond donors (Lipinski definition) is 4. The summed E-state index contributed by atoms with van der Waals surface area (Å²) in [5.74, 6) is 1.43. The second-order valence-electron chi connectivity index (χ2n) is 5.65. The Morgan fingerprint density at radius 2 is 2.04 bits per heavy atom. The molecule has 0 fully saturated rings. The van der Waals surface area contributed by atoms with Gasteiger partial charge in [-0.05, 0) is 32.0 Å². The Labute approximate surface area is 139 Å². The number of rotatable bonds is 5. The van der Waals surface area contributed by atoms with Crippen molar-refractivity contribution in [2.75, 3.05) is 23.4 Å². The van der Waals surface area contributed by atoms with Gasteiger partial charge in [-0.25, -0.2) is 9.97 Å². The molecule has 0 amide bonds. The highest BCUT2D eigenvalue weighted by atomic mass is 16.5. The average Bonchev–Trinajstić information content (AvgIpc) is 2.96. The Bertz CT molecular complexity index is 901. The topological polar surface area (TPSA) is 126 Å². The van der Waals surface area contributed by atoms with Gasteiger partial charge in [0.1, 0.15) is 18.0 Å². The van der Waals surface area contributed by atoms with E-state index >= 15 is 0 Å². The van der Waals surface area contributed by atoms with Crippen LogP contribution in [-0.2, 0) is 0 Å². The molecular weight excluding hydrogens is 306 g/mol. The molecule has 124 valence electrons. The molecule has 0 saturated heterocycles. The number of benzene rings is 1. The molecule has 0 radical (unpaired) electrons. The van der Waals surface area contributed by atoms with Crippen LogP contribution in [0.4, 0.5) is 17.5 Å². The highest BCUT2D eigenvalue weighted by molar-refractivity contribution is 6.17. The number of fused-ring (bicyclic) bond motifs is 1. The largest absolute Gasteiger partial charge is 0.383 e. The van der Waals surface area contributed by atoms with Crippen LogP contribution in [0.2, 0.25) is 0 Å². The first-order chi connectivity index (χ1) is 11.5. The molecule has 0 aliphatic heterocycles. The summed E-state index contributed by atoms with van der Waals surface area (Å²) in [6.07, 6.45) is 1.39. The van der Waals surface area contributed by atoms with Crippen molar-refractivity contribution < 1.29 is 4.52 Å². The lowest BCUT2D eigenvalue weighted by atomic mass is 10.0. The molecule has 3 rings (SSSR count). The van der Waals surface area contributed by atoms with Crippen molar-refractivity contribution in [3.63, 3.8) is 0 Å². The first-order valence-electron chi connectivity index (χ1n) is 7.54. The Balaban J connectivity index is 2.09. The number of anilines is 3. The van der Waals surface area contributed by atoms with Crippen LogP contribution >= 0.6 is 0 Å². The van der Waals surface area contributed by atoms with Gasteiger partial charge in [-0.15, -0.1) is 0 Å². The highest BCUT2D eigenvalue weighted by Crippen LogP contribution is 2.27. The fourth-order valence-electron chi connectivity index (χ4n) is 2.45. The molecule has 0 saturated carbocycles. The van der Waals surface area contributed by atoms with Crippen molar-refractivity contribution in [1.82, 2.24) is 15.1 Å². The monoisotopic (exact) mass is 325 g/mol. The summed E-state index contributed by atoms with van der Waals surface area (Å²) in [6, 6.07) is 5.57. The van der Waals surface area contributed by atoms with Gasteiger partial charge in [0.2, 0.25) is 0 Å². The number of hydrogen-bond acceptors (Lipinski definition) is 8. The van der Waals surface area contributed by atoms with E-state index in [0.29, 0.717) is 28.3 Å². The van der Waals surface area contributed by atoms with Crippen molar-refractivity contribution >= 4 is 34.1 Å². The predicted octanol–water partition coefficient (Wildman–Crippen LogP) is 2.48. The van der Waals surface area contributed by atoms with Crippen molar-refractivity contribution in [1.29, 1.82) is 5.41 Å². The third-order valence-electron chi connectivity index (χ3n) is 3.55. The maximum Gasteiger partial charge on any atom is 0.177 e. The zero-order chi connectivity index (χ0) is 17.3. The number of nitrogen functional groups attached to an aromatic ring is 1. The van der Waals surface area contributed by atoms with Gasteiger partial charge in [0, 0.05) is 18.7 Å². The van der Waals surface area contributed by atoms with Crippen molar-refractivity contribution in [3.05, 3.63) is 35.7 Å². The molecule has 2 heterocycles. The van der Waals surface area contributed by atoms with Crippen LogP contribution in [0.5, 0.6) is 0 Å². The standard InChI is InChI=1S/C16H19N7O/c1-8(2)22-16-12(14(18)20-7-21-16)13(17)9-4-5-11-10(6-9)15(19-3)23-24-11/h4-8,17H,1-3H3,(H,19,23)(H3,18,20,21,22). The minimum Gasteiger partial charge on any atom is -0.383 e. The molecule has 24 heavy (non-hydrogen) atoms. The number of aromatic nitrogens is 3. The van der Waals surface area contributed by atoms with Crippen LogP contribution in [0.1, 0.15) is 25.0 Å². The van der Waals surface area contributed by atoms with Crippen molar-refractivity contribution in [2.45, 2.75) is 19.9 Å². The van der Waals surface area contributed by atoms with Crippen molar-refractivity contribution in [2.24, 2.45) is 0 Å². The van der Waals surface area contributed by atoms with Gasteiger partial charge in [0.15, 0.2) is 11.4 Å². The molecule has 0 aliphatic rings. The van der Waals surface area contributed by atoms with Crippen molar-refractivity contribution in [3.8, 4) is 0 Å². The summed E-state index contributed by atoms with van der Waals surface area (Å²) in [7, 11) is 1.77. The molecule has 0 spiro atoms. The van der Waals surface area contributed by atoms with Gasteiger partial charge in [0.25, 0.3) is 0 Å². The van der Waals surface area contributed by atoms with E-state index in [1.165, 1.54) is 6.33 Å². The SMILES string of the molecule is CNc1noc2ccc(C(=N)c3c(N)ncnc3NC(C)C)cc12. The van der Waals surface area contributed by atoms with Gasteiger partial charge in [-0.3, -0.25) is 5.41 Å². The zero-order valence-electron chi connectivity index (χ0n) is 13.7. The maximum atomic E-state index is 8.58. The second kappa shape index (κ2) is 6.15. The maximum absolute atomic E-state index is 8.58. The van der Waals surface area contributed by atoms with Gasteiger partial charge in [0.05, 0.1) is 16.7 Å². The van der Waals surface area contributed by atoms with Crippen LogP contribution in [0.25, 0.3) is 11.0 Å². The van der Waals surface area contributed by atoms with Gasteiger partial charge in [-0.2, -0.15) is 0 Å². The van der Waals surface area contributed by atoms with Crippen LogP contribution in [0, 0.1) is 5.41 Å². The quantitative estimate of drug-likeness (QED) is 0.531. The average molecular weight is 325 g/mol. The van der Waals surface area contributed by atoms with E-state index in [1.54, 1.807) is 19.2 Å². The van der Waals surface area contributed by atoms with E-state index in [-0.39, 0.29) is 17.6 Å². The Hall–Kier alpha value is -3.16. The molecule has 1 aromatic carbocycles. The summed E-state index contributed by atoms with van der Waals surface area (Å²) in [5, 5.41) is 19.5. The van der Waals surface area contributed by atoms with Crippen LogP contribution in [0.3, 0.4) is 0 Å². The van der Waals surface area contributed by atoms with Gasteiger partial charge >= 0.3 is 0 Å². The first kappa shape index (κ1) is 15.7. The Morgan fingerprint density at radius 1 is 1.25 bits per heavy atom. The molecule has 5 N–H and O–H groups in total. The van der Waals surface area contributed by atoms with E-state index < -0.39 is 0 Å². The number of nitrogens with zero attached hydrogens (tertiary/aromatic N) is 3. The number of nitrogens with one attached hydrogen (secondary N) is 3. The minimum absolute atomic E-state index is 0.155. The lowest BCUT2D eigenvalue weighted by molar-refractivity contribution is 0.460. The fraction of sp³-hybridized carbons (Fsp3) is 0.250. The smallest absolute Gasteiger partial charge is 0.177 e. The van der Waals surface area contributed by atoms with Crippen LogP contribution in [0.15, 0.2) is 29.0 Å². The van der Waals surface area contributed by atoms with Gasteiger partial charge < -0.3 is 20.9 Å². The third kappa shape index (κ3) is 2.73. The molecule has 0 atom stereocenters. The second-order valence-corrected chi connectivity index (χ2v) is 5.65. The summed E-state index contributed by atoms with van der Waals surface area (Å²) >= 11 is 0. The molecule has 0 aliphatic carbocycles.